The number of aromatic nitrogens is 2. The number of para-hydroxylation sites is 2. The number of amides is 1. The molecule has 0 bridgehead atoms. The molecule has 158 valence electrons. The molecule has 0 aliphatic carbocycles. The van der Waals surface area contributed by atoms with Crippen molar-refractivity contribution >= 4 is 29.2 Å². The number of halogens is 1. The first-order valence-corrected chi connectivity index (χ1v) is 10.3. The Morgan fingerprint density at radius 1 is 1.00 bits per heavy atom. The van der Waals surface area contributed by atoms with Gasteiger partial charge in [0.15, 0.2) is 0 Å². The summed E-state index contributed by atoms with van der Waals surface area (Å²) in [5.74, 6) is 0.559. The van der Waals surface area contributed by atoms with Crippen molar-refractivity contribution < 1.29 is 4.79 Å². The third-order valence-corrected chi connectivity index (χ3v) is 5.64. The lowest BCUT2D eigenvalue weighted by molar-refractivity contribution is 0.0736. The van der Waals surface area contributed by atoms with E-state index in [1.54, 1.807) is 16.7 Å². The molecule has 2 heterocycles. The van der Waals surface area contributed by atoms with Crippen molar-refractivity contribution in [3.05, 3.63) is 70.3 Å². The first-order chi connectivity index (χ1) is 14.1. The molecular formula is C23H27ClN4O2. The van der Waals surface area contributed by atoms with Gasteiger partial charge in [-0.15, -0.1) is 12.4 Å². The van der Waals surface area contributed by atoms with Gasteiger partial charge in [-0.3, -0.25) is 14.2 Å². The van der Waals surface area contributed by atoms with Gasteiger partial charge in [0.25, 0.3) is 11.5 Å². The third kappa shape index (κ3) is 3.98. The Morgan fingerprint density at radius 2 is 1.70 bits per heavy atom. The summed E-state index contributed by atoms with van der Waals surface area (Å²) in [6.07, 6.45) is 0.882. The fraction of sp³-hybridized carbons (Fsp3) is 0.348. The molecular weight excluding hydrogens is 400 g/mol. The van der Waals surface area contributed by atoms with E-state index in [4.69, 9.17) is 4.98 Å². The zero-order chi connectivity index (χ0) is 20.4. The maximum atomic E-state index is 13.3. The summed E-state index contributed by atoms with van der Waals surface area (Å²) < 4.78 is 1.61. The number of carbonyl (C=O) groups is 1. The van der Waals surface area contributed by atoms with Crippen LogP contribution in [-0.2, 0) is 6.54 Å². The van der Waals surface area contributed by atoms with Crippen LogP contribution in [0.15, 0.2) is 53.3 Å². The van der Waals surface area contributed by atoms with Crippen molar-refractivity contribution in [2.75, 3.05) is 26.2 Å². The SMILES string of the molecule is CCN(CC)CCCN1Cc2nc3ccccc3c(=O)n2-c2ccccc2C1=O.Cl. The van der Waals surface area contributed by atoms with Gasteiger partial charge in [-0.05, 0) is 50.3 Å². The van der Waals surface area contributed by atoms with Gasteiger partial charge < -0.3 is 9.80 Å². The Hall–Kier alpha value is -2.70. The molecule has 6 nitrogen and oxygen atoms in total. The molecule has 0 unspecified atom stereocenters. The highest BCUT2D eigenvalue weighted by molar-refractivity contribution is 5.98. The summed E-state index contributed by atoms with van der Waals surface area (Å²) in [5.41, 5.74) is 1.70. The lowest BCUT2D eigenvalue weighted by Crippen LogP contribution is -2.34. The van der Waals surface area contributed by atoms with Crippen molar-refractivity contribution in [1.29, 1.82) is 0 Å². The molecule has 3 aromatic rings. The molecule has 1 aliphatic heterocycles. The summed E-state index contributed by atoms with van der Waals surface area (Å²) in [6.45, 7) is 8.19. The maximum absolute atomic E-state index is 13.3. The molecule has 1 aliphatic rings. The Morgan fingerprint density at radius 3 is 2.47 bits per heavy atom. The average molecular weight is 427 g/mol. The normalized spacial score (nSPS) is 13.0. The number of carbonyl (C=O) groups excluding carboxylic acids is 1. The summed E-state index contributed by atoms with van der Waals surface area (Å²) in [4.78, 5) is 35.5. The van der Waals surface area contributed by atoms with E-state index in [0.29, 0.717) is 41.1 Å². The monoisotopic (exact) mass is 426 g/mol. The second-order valence-corrected chi connectivity index (χ2v) is 7.31. The predicted octanol–water partition coefficient (Wildman–Crippen LogP) is 3.50. The minimum Gasteiger partial charge on any atom is -0.331 e. The van der Waals surface area contributed by atoms with E-state index < -0.39 is 0 Å². The van der Waals surface area contributed by atoms with Crippen LogP contribution in [-0.4, -0.2) is 51.4 Å². The largest absolute Gasteiger partial charge is 0.331 e. The van der Waals surface area contributed by atoms with Crippen LogP contribution in [0.3, 0.4) is 0 Å². The molecule has 30 heavy (non-hydrogen) atoms. The molecule has 0 radical (unpaired) electrons. The van der Waals surface area contributed by atoms with E-state index in [2.05, 4.69) is 18.7 Å². The first kappa shape index (κ1) is 22.0. The molecule has 4 rings (SSSR count). The molecule has 0 fully saturated rings. The van der Waals surface area contributed by atoms with E-state index in [1.807, 2.05) is 41.3 Å². The van der Waals surface area contributed by atoms with Gasteiger partial charge in [0.2, 0.25) is 0 Å². The topological polar surface area (TPSA) is 58.4 Å². The van der Waals surface area contributed by atoms with Gasteiger partial charge in [0.05, 0.1) is 28.7 Å². The van der Waals surface area contributed by atoms with E-state index in [1.165, 1.54) is 0 Å². The summed E-state index contributed by atoms with van der Waals surface area (Å²) in [6, 6.07) is 14.7. The molecule has 2 aromatic carbocycles. The predicted molar refractivity (Wildman–Crippen MR) is 122 cm³/mol. The summed E-state index contributed by atoms with van der Waals surface area (Å²) >= 11 is 0. The molecule has 0 spiro atoms. The number of rotatable bonds is 6. The van der Waals surface area contributed by atoms with Crippen LogP contribution in [0.5, 0.6) is 0 Å². The first-order valence-electron chi connectivity index (χ1n) is 10.3. The minimum absolute atomic E-state index is 0. The number of hydrogen-bond acceptors (Lipinski definition) is 4. The van der Waals surface area contributed by atoms with Crippen molar-refractivity contribution in [3.8, 4) is 5.69 Å². The standard InChI is InChI=1S/C23H26N4O2.ClH/c1-3-25(4-2)14-9-15-26-16-21-24-19-12-7-5-10-17(19)23(29)27(21)20-13-8-6-11-18(20)22(26)28;/h5-8,10-13H,3-4,9,14-16H2,1-2H3;1H. The molecule has 0 saturated heterocycles. The zero-order valence-electron chi connectivity index (χ0n) is 17.4. The lowest BCUT2D eigenvalue weighted by Gasteiger charge is -2.23. The fourth-order valence-electron chi connectivity index (χ4n) is 4.00. The highest BCUT2D eigenvalue weighted by atomic mass is 35.5. The van der Waals surface area contributed by atoms with Crippen LogP contribution in [0.4, 0.5) is 0 Å². The van der Waals surface area contributed by atoms with Gasteiger partial charge in [-0.25, -0.2) is 4.98 Å². The van der Waals surface area contributed by atoms with Crippen molar-refractivity contribution in [2.45, 2.75) is 26.8 Å². The van der Waals surface area contributed by atoms with Gasteiger partial charge in [-0.2, -0.15) is 0 Å². The summed E-state index contributed by atoms with van der Waals surface area (Å²) in [7, 11) is 0. The molecule has 7 heteroatoms. The van der Waals surface area contributed by atoms with E-state index >= 15 is 0 Å². The molecule has 0 atom stereocenters. The summed E-state index contributed by atoms with van der Waals surface area (Å²) in [5, 5.41) is 0.563. The van der Waals surface area contributed by atoms with Crippen molar-refractivity contribution in [1.82, 2.24) is 19.4 Å². The minimum atomic E-state index is -0.129. The smallest absolute Gasteiger partial charge is 0.266 e. The van der Waals surface area contributed by atoms with Gasteiger partial charge in [-0.1, -0.05) is 38.1 Å². The highest BCUT2D eigenvalue weighted by Crippen LogP contribution is 2.23. The Labute approximate surface area is 182 Å². The second kappa shape index (κ2) is 9.41. The van der Waals surface area contributed by atoms with E-state index in [9.17, 15) is 9.59 Å². The third-order valence-electron chi connectivity index (χ3n) is 5.64. The molecule has 1 amide bonds. The van der Waals surface area contributed by atoms with E-state index in [-0.39, 0.29) is 23.9 Å². The van der Waals surface area contributed by atoms with E-state index in [0.717, 1.165) is 26.1 Å². The van der Waals surface area contributed by atoms with Crippen LogP contribution in [0.25, 0.3) is 16.6 Å². The highest BCUT2D eigenvalue weighted by Gasteiger charge is 2.27. The van der Waals surface area contributed by atoms with Crippen LogP contribution in [0.1, 0.15) is 36.5 Å². The van der Waals surface area contributed by atoms with Gasteiger partial charge in [0.1, 0.15) is 5.82 Å². The van der Waals surface area contributed by atoms with Crippen LogP contribution < -0.4 is 5.56 Å². The fourth-order valence-corrected chi connectivity index (χ4v) is 4.00. The van der Waals surface area contributed by atoms with Gasteiger partial charge >= 0.3 is 0 Å². The molecule has 0 saturated carbocycles. The number of nitrogens with zero attached hydrogens (tertiary/aromatic N) is 4. The van der Waals surface area contributed by atoms with Crippen LogP contribution >= 0.6 is 12.4 Å². The molecule has 1 aromatic heterocycles. The van der Waals surface area contributed by atoms with Crippen molar-refractivity contribution in [3.63, 3.8) is 0 Å². The quantitative estimate of drug-likeness (QED) is 0.605. The average Bonchev–Trinajstić information content (AvgIpc) is 2.87. The Bertz CT molecular complexity index is 1110. The Kier molecular flexibility index (Phi) is 6.90. The number of fused-ring (bicyclic) bond motifs is 4. The van der Waals surface area contributed by atoms with Crippen LogP contribution in [0, 0.1) is 0 Å². The zero-order valence-corrected chi connectivity index (χ0v) is 18.2. The number of hydrogen-bond donors (Lipinski definition) is 0. The Balaban J connectivity index is 0.00000256. The second-order valence-electron chi connectivity index (χ2n) is 7.31. The van der Waals surface area contributed by atoms with Crippen LogP contribution in [0.2, 0.25) is 0 Å². The lowest BCUT2D eigenvalue weighted by atomic mass is 10.1. The number of benzene rings is 2. The van der Waals surface area contributed by atoms with Gasteiger partial charge in [0, 0.05) is 6.54 Å². The molecule has 0 N–H and O–H groups in total. The maximum Gasteiger partial charge on any atom is 0.266 e. The van der Waals surface area contributed by atoms with Crippen molar-refractivity contribution in [2.24, 2.45) is 0 Å².